The monoisotopic (exact) mass is 369 g/mol. The summed E-state index contributed by atoms with van der Waals surface area (Å²) in [5, 5.41) is 3.07. The van der Waals surface area contributed by atoms with Crippen molar-refractivity contribution >= 4 is 5.91 Å². The Bertz CT molecular complexity index is 748. The molecular weight excluding hydrogens is 340 g/mol. The third-order valence-corrected chi connectivity index (χ3v) is 5.26. The molecule has 0 bridgehead atoms. The minimum atomic E-state index is 0.106. The highest BCUT2D eigenvalue weighted by Crippen LogP contribution is 2.31. The van der Waals surface area contributed by atoms with Crippen LogP contribution in [-0.2, 0) is 11.2 Å². The average molecular weight is 369 g/mol. The van der Waals surface area contributed by atoms with Crippen molar-refractivity contribution in [2.45, 2.75) is 25.3 Å². The number of benzene rings is 2. The molecular formula is C22H29N2O3+. The van der Waals surface area contributed by atoms with Gasteiger partial charge in [0.15, 0.2) is 6.54 Å². The quantitative estimate of drug-likeness (QED) is 0.746. The van der Waals surface area contributed by atoms with E-state index in [0.29, 0.717) is 13.1 Å². The standard InChI is InChI=1S/C22H28N2O3/c1-26-18-10-11-21(27-2)19(15-18)20-9-6-14-24(20)16-22(25)23-13-12-17-7-4-3-5-8-17/h3-5,7-8,10-11,15,20H,6,9,12-14,16H2,1-2H3,(H,23,25)/p+1/t20-/m0/s1. The third kappa shape index (κ3) is 5.01. The summed E-state index contributed by atoms with van der Waals surface area (Å²) in [6.07, 6.45) is 3.02. The minimum absolute atomic E-state index is 0.106. The van der Waals surface area contributed by atoms with Gasteiger partial charge < -0.3 is 19.7 Å². The Kier molecular flexibility index (Phi) is 6.71. The van der Waals surface area contributed by atoms with E-state index in [2.05, 4.69) is 17.4 Å². The molecule has 144 valence electrons. The molecule has 5 nitrogen and oxygen atoms in total. The number of amides is 1. The molecule has 0 aromatic heterocycles. The van der Waals surface area contributed by atoms with Crippen molar-refractivity contribution in [3.05, 3.63) is 59.7 Å². The van der Waals surface area contributed by atoms with Crippen molar-refractivity contribution < 1.29 is 19.2 Å². The van der Waals surface area contributed by atoms with Crippen LogP contribution in [-0.4, -0.2) is 39.8 Å². The fourth-order valence-electron chi connectivity index (χ4n) is 3.87. The molecule has 3 rings (SSSR count). The number of carbonyl (C=O) groups is 1. The van der Waals surface area contributed by atoms with Crippen LogP contribution in [0.1, 0.15) is 30.0 Å². The Morgan fingerprint density at radius 2 is 1.96 bits per heavy atom. The molecule has 0 aliphatic carbocycles. The van der Waals surface area contributed by atoms with Gasteiger partial charge in [0.25, 0.3) is 5.91 Å². The maximum atomic E-state index is 12.5. The molecule has 2 N–H and O–H groups in total. The first-order valence-corrected chi connectivity index (χ1v) is 9.58. The lowest BCUT2D eigenvalue weighted by Gasteiger charge is -2.23. The van der Waals surface area contributed by atoms with E-state index in [-0.39, 0.29) is 11.9 Å². The molecule has 1 aliphatic heterocycles. The van der Waals surface area contributed by atoms with Gasteiger partial charge in [0.2, 0.25) is 0 Å². The summed E-state index contributed by atoms with van der Waals surface area (Å²) in [6, 6.07) is 16.4. The maximum absolute atomic E-state index is 12.5. The van der Waals surface area contributed by atoms with Gasteiger partial charge in [-0.05, 0) is 30.2 Å². The van der Waals surface area contributed by atoms with Gasteiger partial charge in [-0.1, -0.05) is 30.3 Å². The van der Waals surface area contributed by atoms with Crippen molar-refractivity contribution in [2.24, 2.45) is 0 Å². The summed E-state index contributed by atoms with van der Waals surface area (Å²) < 4.78 is 10.9. The second-order valence-electron chi connectivity index (χ2n) is 6.97. The zero-order valence-electron chi connectivity index (χ0n) is 16.2. The zero-order chi connectivity index (χ0) is 19.1. The summed E-state index contributed by atoms with van der Waals surface area (Å²) in [5.41, 5.74) is 2.37. The number of likely N-dealkylation sites (tertiary alicyclic amines) is 1. The lowest BCUT2D eigenvalue weighted by atomic mass is 10.0. The first-order valence-electron chi connectivity index (χ1n) is 9.58. The molecule has 0 saturated carbocycles. The SMILES string of the molecule is COc1ccc(OC)c([C@@H]2CCC[NH+]2CC(=O)NCCc2ccccc2)c1. The molecule has 1 unspecified atom stereocenters. The molecule has 2 aromatic rings. The highest BCUT2D eigenvalue weighted by molar-refractivity contribution is 5.76. The van der Waals surface area contributed by atoms with Crippen molar-refractivity contribution in [1.82, 2.24) is 5.32 Å². The van der Waals surface area contributed by atoms with Crippen LogP contribution >= 0.6 is 0 Å². The van der Waals surface area contributed by atoms with Gasteiger partial charge >= 0.3 is 0 Å². The number of carbonyl (C=O) groups excluding carboxylic acids is 1. The Balaban J connectivity index is 1.59. The van der Waals surface area contributed by atoms with Crippen LogP contribution in [0.3, 0.4) is 0 Å². The second kappa shape index (κ2) is 9.42. The number of hydrogen-bond donors (Lipinski definition) is 2. The number of nitrogens with one attached hydrogen (secondary N) is 2. The predicted octanol–water partition coefficient (Wildman–Crippen LogP) is 1.78. The molecule has 1 fully saturated rings. The predicted molar refractivity (Wildman–Crippen MR) is 105 cm³/mol. The minimum Gasteiger partial charge on any atom is -0.497 e. The van der Waals surface area contributed by atoms with E-state index in [0.717, 1.165) is 42.9 Å². The lowest BCUT2D eigenvalue weighted by Crippen LogP contribution is -3.11. The van der Waals surface area contributed by atoms with Crippen molar-refractivity contribution in [3.8, 4) is 11.5 Å². The van der Waals surface area contributed by atoms with Gasteiger partial charge in [-0.15, -0.1) is 0 Å². The summed E-state index contributed by atoms with van der Waals surface area (Å²) in [7, 11) is 3.36. The smallest absolute Gasteiger partial charge is 0.275 e. The van der Waals surface area contributed by atoms with Crippen molar-refractivity contribution in [1.29, 1.82) is 0 Å². The van der Waals surface area contributed by atoms with E-state index in [1.807, 2.05) is 36.4 Å². The highest BCUT2D eigenvalue weighted by atomic mass is 16.5. The topological polar surface area (TPSA) is 52.0 Å². The van der Waals surface area contributed by atoms with Crippen LogP contribution in [0.5, 0.6) is 11.5 Å². The Morgan fingerprint density at radius 3 is 2.70 bits per heavy atom. The van der Waals surface area contributed by atoms with Gasteiger partial charge in [-0.2, -0.15) is 0 Å². The van der Waals surface area contributed by atoms with Crippen LogP contribution in [0.4, 0.5) is 0 Å². The molecule has 0 spiro atoms. The first-order chi connectivity index (χ1) is 13.2. The zero-order valence-corrected chi connectivity index (χ0v) is 16.2. The summed E-state index contributed by atoms with van der Waals surface area (Å²) in [4.78, 5) is 13.7. The van der Waals surface area contributed by atoms with E-state index in [1.54, 1.807) is 14.2 Å². The summed E-state index contributed by atoms with van der Waals surface area (Å²) >= 11 is 0. The number of quaternary nitrogens is 1. The fraction of sp³-hybridized carbons (Fsp3) is 0.409. The highest BCUT2D eigenvalue weighted by Gasteiger charge is 2.33. The number of rotatable bonds is 8. The molecule has 1 heterocycles. The summed E-state index contributed by atoms with van der Waals surface area (Å²) in [6.45, 7) is 2.15. The maximum Gasteiger partial charge on any atom is 0.275 e. The van der Waals surface area contributed by atoms with Gasteiger partial charge in [-0.25, -0.2) is 0 Å². The van der Waals surface area contributed by atoms with Gasteiger partial charge in [0, 0.05) is 19.4 Å². The van der Waals surface area contributed by atoms with Crippen LogP contribution in [0.25, 0.3) is 0 Å². The molecule has 1 saturated heterocycles. The largest absolute Gasteiger partial charge is 0.497 e. The number of ether oxygens (including phenoxy) is 2. The van der Waals surface area contributed by atoms with Gasteiger partial charge in [0.1, 0.15) is 17.5 Å². The first kappa shape index (κ1) is 19.2. The Hall–Kier alpha value is -2.53. The fourth-order valence-corrected chi connectivity index (χ4v) is 3.87. The normalized spacial score (nSPS) is 18.9. The molecule has 27 heavy (non-hydrogen) atoms. The van der Waals surface area contributed by atoms with E-state index < -0.39 is 0 Å². The van der Waals surface area contributed by atoms with E-state index in [9.17, 15) is 4.79 Å². The summed E-state index contributed by atoms with van der Waals surface area (Å²) in [5.74, 6) is 1.80. The van der Waals surface area contributed by atoms with Crippen molar-refractivity contribution in [3.63, 3.8) is 0 Å². The van der Waals surface area contributed by atoms with Gasteiger partial charge in [0.05, 0.1) is 26.3 Å². The van der Waals surface area contributed by atoms with Crippen molar-refractivity contribution in [2.75, 3.05) is 33.9 Å². The molecule has 0 radical (unpaired) electrons. The Labute approximate surface area is 161 Å². The van der Waals surface area contributed by atoms with Gasteiger partial charge in [-0.3, -0.25) is 4.79 Å². The lowest BCUT2D eigenvalue weighted by molar-refractivity contribution is -0.910. The van der Waals surface area contributed by atoms with Crippen LogP contribution in [0, 0.1) is 0 Å². The van der Waals surface area contributed by atoms with Crippen LogP contribution < -0.4 is 19.7 Å². The second-order valence-corrected chi connectivity index (χ2v) is 6.97. The molecule has 2 atom stereocenters. The molecule has 1 aliphatic rings. The third-order valence-electron chi connectivity index (χ3n) is 5.26. The van der Waals surface area contributed by atoms with E-state index in [4.69, 9.17) is 9.47 Å². The van der Waals surface area contributed by atoms with E-state index in [1.165, 1.54) is 10.5 Å². The molecule has 2 aromatic carbocycles. The molecule has 1 amide bonds. The number of methoxy groups -OCH3 is 2. The van der Waals surface area contributed by atoms with Crippen LogP contribution in [0.2, 0.25) is 0 Å². The Morgan fingerprint density at radius 1 is 1.15 bits per heavy atom. The average Bonchev–Trinajstić information content (AvgIpc) is 3.16. The van der Waals surface area contributed by atoms with E-state index >= 15 is 0 Å². The molecule has 5 heteroatoms. The van der Waals surface area contributed by atoms with Crippen LogP contribution in [0.15, 0.2) is 48.5 Å². The number of hydrogen-bond acceptors (Lipinski definition) is 3.